The van der Waals surface area contributed by atoms with Crippen LogP contribution in [-0.2, 0) is 5.79 Å². The van der Waals surface area contributed by atoms with Gasteiger partial charge in [-0.25, -0.2) is 9.38 Å². The van der Waals surface area contributed by atoms with Gasteiger partial charge in [-0.2, -0.15) is 0 Å². The van der Waals surface area contributed by atoms with E-state index in [-0.39, 0.29) is 5.82 Å². The molecule has 1 aromatic rings. The van der Waals surface area contributed by atoms with Crippen LogP contribution in [0.2, 0.25) is 0 Å². The van der Waals surface area contributed by atoms with E-state index in [1.165, 1.54) is 12.1 Å². The molecule has 0 radical (unpaired) electrons. The molecule has 0 aromatic heterocycles. The lowest BCUT2D eigenvalue weighted by molar-refractivity contribution is 0.379. The fraction of sp³-hybridized carbons (Fsp3) is 0.308. The second kappa shape index (κ2) is 5.87. The Morgan fingerprint density at radius 2 is 2.32 bits per heavy atom. The molecular weight excluding hydrogens is 358 g/mol. The van der Waals surface area contributed by atoms with Crippen LogP contribution in [0.5, 0.6) is 0 Å². The predicted octanol–water partition coefficient (Wildman–Crippen LogP) is 2.17. The van der Waals surface area contributed by atoms with Crippen molar-refractivity contribution in [1.29, 1.82) is 0 Å². The van der Waals surface area contributed by atoms with E-state index in [1.54, 1.807) is 18.3 Å². The average Bonchev–Trinajstić information content (AvgIpc) is 2.40. The van der Waals surface area contributed by atoms with E-state index in [2.05, 4.69) is 45.1 Å². The maximum Gasteiger partial charge on any atom is 0.210 e. The number of nitrogens with one attached hydrogen (secondary N) is 2. The van der Waals surface area contributed by atoms with E-state index >= 15 is 0 Å². The van der Waals surface area contributed by atoms with Crippen LogP contribution in [-0.4, -0.2) is 12.8 Å². The van der Waals surface area contributed by atoms with Gasteiger partial charge in [0, 0.05) is 18.3 Å². The van der Waals surface area contributed by atoms with E-state index in [0.717, 1.165) is 22.4 Å². The molecule has 4 N–H and O–H groups in total. The monoisotopic (exact) mass is 374 g/mol. The van der Waals surface area contributed by atoms with Crippen LogP contribution in [0.3, 0.4) is 0 Å². The van der Waals surface area contributed by atoms with Crippen molar-refractivity contribution in [3.63, 3.8) is 0 Å². The summed E-state index contributed by atoms with van der Waals surface area (Å²) >= 11 is 2.18. The first-order chi connectivity index (χ1) is 9.05. The highest BCUT2D eigenvalue weighted by atomic mass is 127. The third kappa shape index (κ3) is 3.24. The highest BCUT2D eigenvalue weighted by Crippen LogP contribution is 2.24. The van der Waals surface area contributed by atoms with Crippen LogP contribution < -0.4 is 16.4 Å². The van der Waals surface area contributed by atoms with E-state index in [9.17, 15) is 4.39 Å². The van der Waals surface area contributed by atoms with Crippen molar-refractivity contribution >= 4 is 28.8 Å². The predicted molar refractivity (Wildman–Crippen MR) is 83.2 cm³/mol. The molecule has 1 heterocycles. The van der Waals surface area contributed by atoms with Crippen LogP contribution >= 0.6 is 22.6 Å². The van der Waals surface area contributed by atoms with Crippen LogP contribution in [0.25, 0.3) is 0 Å². The summed E-state index contributed by atoms with van der Waals surface area (Å²) in [5, 5.41) is 6.39. The third-order valence-electron chi connectivity index (χ3n) is 2.75. The first-order valence-electron chi connectivity index (χ1n) is 6.07. The summed E-state index contributed by atoms with van der Waals surface area (Å²) in [6.07, 6.45) is 2.70. The Bertz CT molecular complexity index is 529. The van der Waals surface area contributed by atoms with Gasteiger partial charge >= 0.3 is 0 Å². The number of hydrogen-bond donors (Lipinski definition) is 3. The van der Waals surface area contributed by atoms with Crippen LogP contribution in [0.4, 0.5) is 4.39 Å². The minimum atomic E-state index is -1.13. The Labute approximate surface area is 125 Å². The number of rotatable bonds is 4. The molecule has 0 bridgehead atoms. The maximum absolute atomic E-state index is 13.3. The summed E-state index contributed by atoms with van der Waals surface area (Å²) in [6, 6.07) is 6.15. The summed E-state index contributed by atoms with van der Waals surface area (Å²) in [7, 11) is 0. The summed E-state index contributed by atoms with van der Waals surface area (Å²) in [5.41, 5.74) is 6.81. The van der Waals surface area contributed by atoms with Crippen molar-refractivity contribution in [2.24, 2.45) is 10.7 Å². The van der Waals surface area contributed by atoms with Gasteiger partial charge in [0.25, 0.3) is 0 Å². The first kappa shape index (κ1) is 14.3. The van der Waals surface area contributed by atoms with Gasteiger partial charge in [0.05, 0.1) is 3.58 Å². The molecule has 1 unspecified atom stereocenters. The van der Waals surface area contributed by atoms with E-state index in [4.69, 9.17) is 5.73 Å². The highest BCUT2D eigenvalue weighted by Gasteiger charge is 2.30. The number of nitrogens with zero attached hydrogens (tertiary/aromatic N) is 1. The Hall–Kier alpha value is -1.15. The number of benzene rings is 1. The van der Waals surface area contributed by atoms with Gasteiger partial charge in [0.1, 0.15) is 11.6 Å². The zero-order valence-corrected chi connectivity index (χ0v) is 12.7. The lowest BCUT2D eigenvalue weighted by Gasteiger charge is -2.32. The Morgan fingerprint density at radius 3 is 3.00 bits per heavy atom. The van der Waals surface area contributed by atoms with Gasteiger partial charge in [-0.1, -0.05) is 19.1 Å². The Balaban J connectivity index is 2.26. The fourth-order valence-corrected chi connectivity index (χ4v) is 2.22. The number of allylic oxidation sites excluding steroid dienone is 1. The zero-order valence-electron chi connectivity index (χ0n) is 10.6. The minimum Gasteiger partial charge on any atom is -0.371 e. The summed E-state index contributed by atoms with van der Waals surface area (Å²) in [6.45, 7) is 2.92. The summed E-state index contributed by atoms with van der Waals surface area (Å²) in [5.74, 6) is -0.636. The van der Waals surface area contributed by atoms with Crippen molar-refractivity contribution in [1.82, 2.24) is 10.6 Å². The molecule has 0 fully saturated rings. The minimum absolute atomic E-state index is 0.327. The van der Waals surface area contributed by atoms with Gasteiger partial charge in [-0.3, -0.25) is 5.73 Å². The maximum atomic E-state index is 13.3. The SMILES string of the molecule is CCCNC1=C(I)C=NC(N)(c2cccc(F)c2)N1. The normalized spacial score (nSPS) is 22.3. The van der Waals surface area contributed by atoms with E-state index in [1.807, 2.05) is 0 Å². The van der Waals surface area contributed by atoms with Crippen molar-refractivity contribution in [3.05, 3.63) is 45.0 Å². The van der Waals surface area contributed by atoms with Gasteiger partial charge in [-0.15, -0.1) is 0 Å². The lowest BCUT2D eigenvalue weighted by atomic mass is 10.1. The molecule has 0 saturated heterocycles. The average molecular weight is 374 g/mol. The molecule has 4 nitrogen and oxygen atoms in total. The van der Waals surface area contributed by atoms with Crippen LogP contribution in [0.15, 0.2) is 38.7 Å². The number of hydrogen-bond acceptors (Lipinski definition) is 4. The van der Waals surface area contributed by atoms with Crippen molar-refractivity contribution < 1.29 is 4.39 Å². The Kier molecular flexibility index (Phi) is 4.41. The van der Waals surface area contributed by atoms with Crippen LogP contribution in [0.1, 0.15) is 18.9 Å². The summed E-state index contributed by atoms with van der Waals surface area (Å²) in [4.78, 5) is 4.28. The molecule has 0 amide bonds. The van der Waals surface area contributed by atoms with Crippen molar-refractivity contribution in [3.8, 4) is 0 Å². The first-order valence-corrected chi connectivity index (χ1v) is 7.15. The molecule has 1 aromatic carbocycles. The van der Waals surface area contributed by atoms with E-state index < -0.39 is 5.79 Å². The smallest absolute Gasteiger partial charge is 0.210 e. The molecule has 0 aliphatic carbocycles. The summed E-state index contributed by atoms with van der Waals surface area (Å²) < 4.78 is 14.3. The van der Waals surface area contributed by atoms with Gasteiger partial charge in [-0.05, 0) is 41.1 Å². The van der Waals surface area contributed by atoms with Gasteiger partial charge in [0.2, 0.25) is 5.79 Å². The van der Waals surface area contributed by atoms with E-state index in [0.29, 0.717) is 5.56 Å². The largest absolute Gasteiger partial charge is 0.371 e. The standard InChI is InChI=1S/C13H16FIN4/c1-2-6-17-12-11(15)8-18-13(16,19-12)9-4-3-5-10(14)7-9/h3-5,7-8,17,19H,2,6,16H2,1H3. The molecule has 1 atom stereocenters. The third-order valence-corrected chi connectivity index (χ3v) is 3.57. The van der Waals surface area contributed by atoms with Crippen LogP contribution in [0, 0.1) is 5.82 Å². The number of nitrogens with two attached hydrogens (primary N) is 1. The molecular formula is C13H16FIN4. The van der Waals surface area contributed by atoms with Crippen molar-refractivity contribution in [2.45, 2.75) is 19.1 Å². The molecule has 2 rings (SSSR count). The highest BCUT2D eigenvalue weighted by molar-refractivity contribution is 14.1. The number of halogens is 2. The quantitative estimate of drug-likeness (QED) is 0.708. The topological polar surface area (TPSA) is 62.4 Å². The second-order valence-corrected chi connectivity index (χ2v) is 5.47. The molecule has 6 heteroatoms. The molecule has 1 aliphatic rings. The lowest BCUT2D eigenvalue weighted by Crippen LogP contribution is -2.52. The van der Waals surface area contributed by atoms with Crippen molar-refractivity contribution in [2.75, 3.05) is 6.54 Å². The number of aliphatic imine (C=N–C) groups is 1. The fourth-order valence-electron chi connectivity index (χ4n) is 1.76. The second-order valence-electron chi connectivity index (χ2n) is 4.31. The van der Waals surface area contributed by atoms with Gasteiger partial charge < -0.3 is 10.6 Å². The molecule has 0 saturated carbocycles. The molecule has 19 heavy (non-hydrogen) atoms. The van der Waals surface area contributed by atoms with Gasteiger partial charge in [0.15, 0.2) is 0 Å². The Morgan fingerprint density at radius 1 is 1.53 bits per heavy atom. The molecule has 102 valence electrons. The molecule has 0 spiro atoms. The zero-order chi connectivity index (χ0) is 13.9. The molecule has 1 aliphatic heterocycles.